The van der Waals surface area contributed by atoms with Gasteiger partial charge in [-0.15, -0.1) is 0 Å². The van der Waals surface area contributed by atoms with Crippen molar-refractivity contribution in [3.05, 3.63) is 29.3 Å². The molecule has 0 heterocycles. The van der Waals surface area contributed by atoms with Crippen LogP contribution >= 0.6 is 0 Å². The Balaban J connectivity index is 2.62. The number of hydrogen-bond donors (Lipinski definition) is 2. The number of halogens is 2. The van der Waals surface area contributed by atoms with Crippen LogP contribution < -0.4 is 11.1 Å². The van der Waals surface area contributed by atoms with Crippen molar-refractivity contribution in [1.29, 1.82) is 0 Å². The molecule has 0 aromatic heterocycles. The number of aryl methyl sites for hydroxylation is 1. The van der Waals surface area contributed by atoms with Gasteiger partial charge in [-0.25, -0.2) is 8.78 Å². The predicted octanol–water partition coefficient (Wildman–Crippen LogP) is 1.19. The smallest absolute Gasteiger partial charge is 0.250 e. The van der Waals surface area contributed by atoms with Gasteiger partial charge in [-0.1, -0.05) is 0 Å². The second-order valence-corrected chi connectivity index (χ2v) is 3.47. The Morgan fingerprint density at radius 3 is 2.76 bits per heavy atom. The van der Waals surface area contributed by atoms with Crippen LogP contribution in [0.5, 0.6) is 0 Å². The van der Waals surface area contributed by atoms with Crippen molar-refractivity contribution in [3.8, 4) is 0 Å². The number of rotatable bonds is 5. The molecule has 3 N–H and O–H groups in total. The van der Waals surface area contributed by atoms with Gasteiger partial charge >= 0.3 is 0 Å². The van der Waals surface area contributed by atoms with Gasteiger partial charge in [0.15, 0.2) is 0 Å². The molecule has 0 aliphatic carbocycles. The highest BCUT2D eigenvalue weighted by molar-refractivity contribution is 5.91. The Labute approximate surface area is 97.8 Å². The molecule has 17 heavy (non-hydrogen) atoms. The first kappa shape index (κ1) is 13.5. The van der Waals surface area contributed by atoms with E-state index >= 15 is 0 Å². The molecule has 0 saturated carbocycles. The maximum absolute atomic E-state index is 13.3. The zero-order valence-electron chi connectivity index (χ0n) is 9.43. The van der Waals surface area contributed by atoms with Gasteiger partial charge in [0.25, 0.3) is 0 Å². The fourth-order valence-electron chi connectivity index (χ4n) is 1.18. The second-order valence-electron chi connectivity index (χ2n) is 3.47. The SMILES string of the molecule is Cc1cc(F)c(NC(=O)COCCN)cc1F. The van der Waals surface area contributed by atoms with E-state index in [1.807, 2.05) is 0 Å². The summed E-state index contributed by atoms with van der Waals surface area (Å²) in [6.45, 7) is 1.72. The zero-order valence-corrected chi connectivity index (χ0v) is 9.43. The predicted molar refractivity (Wildman–Crippen MR) is 59.6 cm³/mol. The van der Waals surface area contributed by atoms with E-state index < -0.39 is 17.5 Å². The summed E-state index contributed by atoms with van der Waals surface area (Å²) in [6, 6.07) is 1.96. The summed E-state index contributed by atoms with van der Waals surface area (Å²) in [6.07, 6.45) is 0. The summed E-state index contributed by atoms with van der Waals surface area (Å²) >= 11 is 0. The van der Waals surface area contributed by atoms with Gasteiger partial charge in [-0.05, 0) is 18.6 Å². The van der Waals surface area contributed by atoms with Crippen molar-refractivity contribution in [2.24, 2.45) is 5.73 Å². The Kier molecular flexibility index (Phi) is 4.99. The van der Waals surface area contributed by atoms with E-state index in [-0.39, 0.29) is 24.5 Å². The lowest BCUT2D eigenvalue weighted by molar-refractivity contribution is -0.120. The summed E-state index contributed by atoms with van der Waals surface area (Å²) in [4.78, 5) is 11.3. The first-order valence-corrected chi connectivity index (χ1v) is 5.08. The molecule has 0 radical (unpaired) electrons. The molecule has 1 aromatic rings. The normalized spacial score (nSPS) is 10.4. The maximum atomic E-state index is 13.3. The number of anilines is 1. The van der Waals surface area contributed by atoms with Gasteiger partial charge in [0.2, 0.25) is 5.91 Å². The lowest BCUT2D eigenvalue weighted by Crippen LogP contribution is -2.21. The standard InChI is InChI=1S/C11H14F2N2O2/c1-7-4-9(13)10(5-8(7)12)15-11(16)6-17-3-2-14/h4-5H,2-3,6,14H2,1H3,(H,15,16). The Morgan fingerprint density at radius 1 is 1.41 bits per heavy atom. The summed E-state index contributed by atoms with van der Waals surface area (Å²) in [5.41, 5.74) is 5.14. The molecule has 1 aromatic carbocycles. The fourth-order valence-corrected chi connectivity index (χ4v) is 1.18. The van der Waals surface area contributed by atoms with Gasteiger partial charge in [0.1, 0.15) is 18.2 Å². The molecule has 1 amide bonds. The van der Waals surface area contributed by atoms with Crippen LogP contribution in [0, 0.1) is 18.6 Å². The number of benzene rings is 1. The summed E-state index contributed by atoms with van der Waals surface area (Å²) in [5, 5.41) is 2.22. The van der Waals surface area contributed by atoms with Crippen LogP contribution in [0.15, 0.2) is 12.1 Å². The minimum atomic E-state index is -0.684. The highest BCUT2D eigenvalue weighted by Gasteiger charge is 2.10. The van der Waals surface area contributed by atoms with E-state index in [0.29, 0.717) is 6.54 Å². The number of nitrogens with two attached hydrogens (primary N) is 1. The highest BCUT2D eigenvalue weighted by atomic mass is 19.1. The number of hydrogen-bond acceptors (Lipinski definition) is 3. The molecular formula is C11H14F2N2O2. The lowest BCUT2D eigenvalue weighted by Gasteiger charge is -2.08. The van der Waals surface area contributed by atoms with Crippen LogP contribution in [-0.2, 0) is 9.53 Å². The maximum Gasteiger partial charge on any atom is 0.250 e. The quantitative estimate of drug-likeness (QED) is 0.765. The van der Waals surface area contributed by atoms with Crippen LogP contribution in [0.3, 0.4) is 0 Å². The molecule has 94 valence electrons. The number of amides is 1. The summed E-state index contributed by atoms with van der Waals surface area (Å²) in [7, 11) is 0. The molecule has 0 atom stereocenters. The van der Waals surface area contributed by atoms with E-state index in [9.17, 15) is 13.6 Å². The Bertz CT molecular complexity index is 411. The summed E-state index contributed by atoms with van der Waals surface area (Å²) in [5.74, 6) is -1.82. The van der Waals surface area contributed by atoms with Gasteiger partial charge in [-0.2, -0.15) is 0 Å². The first-order chi connectivity index (χ1) is 8.04. The van der Waals surface area contributed by atoms with Crippen LogP contribution in [0.2, 0.25) is 0 Å². The molecule has 0 unspecified atom stereocenters. The van der Waals surface area contributed by atoms with Crippen molar-refractivity contribution in [2.45, 2.75) is 6.92 Å². The van der Waals surface area contributed by atoms with Crippen LogP contribution in [0.4, 0.5) is 14.5 Å². The molecule has 0 fully saturated rings. The average Bonchev–Trinajstić information content (AvgIpc) is 2.26. The van der Waals surface area contributed by atoms with E-state index in [0.717, 1.165) is 12.1 Å². The van der Waals surface area contributed by atoms with Crippen LogP contribution in [-0.4, -0.2) is 25.7 Å². The topological polar surface area (TPSA) is 64.3 Å². The summed E-state index contributed by atoms with van der Waals surface area (Å²) < 4.78 is 31.3. The Hall–Kier alpha value is -1.53. The van der Waals surface area contributed by atoms with E-state index in [2.05, 4.69) is 5.32 Å². The van der Waals surface area contributed by atoms with Crippen molar-refractivity contribution in [1.82, 2.24) is 0 Å². The monoisotopic (exact) mass is 244 g/mol. The molecule has 0 aliphatic heterocycles. The van der Waals surface area contributed by atoms with Crippen molar-refractivity contribution in [3.63, 3.8) is 0 Å². The molecule has 0 aliphatic rings. The van der Waals surface area contributed by atoms with Gasteiger partial charge in [0.05, 0.1) is 12.3 Å². The van der Waals surface area contributed by atoms with Gasteiger partial charge in [-0.3, -0.25) is 4.79 Å². The molecule has 6 heteroatoms. The minimum Gasteiger partial charge on any atom is -0.370 e. The number of carbonyl (C=O) groups is 1. The van der Waals surface area contributed by atoms with E-state index in [4.69, 9.17) is 10.5 Å². The molecule has 4 nitrogen and oxygen atoms in total. The number of nitrogens with one attached hydrogen (secondary N) is 1. The largest absolute Gasteiger partial charge is 0.370 e. The van der Waals surface area contributed by atoms with Crippen LogP contribution in [0.25, 0.3) is 0 Å². The average molecular weight is 244 g/mol. The third-order valence-corrected chi connectivity index (χ3v) is 2.02. The van der Waals surface area contributed by atoms with E-state index in [1.54, 1.807) is 0 Å². The minimum absolute atomic E-state index is 0.180. The number of ether oxygens (including phenoxy) is 1. The lowest BCUT2D eigenvalue weighted by atomic mass is 10.2. The van der Waals surface area contributed by atoms with Crippen molar-refractivity contribution >= 4 is 11.6 Å². The zero-order chi connectivity index (χ0) is 12.8. The second kappa shape index (κ2) is 6.27. The third kappa shape index (κ3) is 4.08. The molecule has 0 bridgehead atoms. The van der Waals surface area contributed by atoms with E-state index in [1.165, 1.54) is 6.92 Å². The molecular weight excluding hydrogens is 230 g/mol. The van der Waals surface area contributed by atoms with Crippen molar-refractivity contribution in [2.75, 3.05) is 25.1 Å². The molecule has 0 saturated heterocycles. The number of carbonyl (C=O) groups excluding carboxylic acids is 1. The van der Waals surface area contributed by atoms with Gasteiger partial charge in [0, 0.05) is 12.6 Å². The highest BCUT2D eigenvalue weighted by Crippen LogP contribution is 2.18. The first-order valence-electron chi connectivity index (χ1n) is 5.08. The Morgan fingerprint density at radius 2 is 2.12 bits per heavy atom. The van der Waals surface area contributed by atoms with Crippen molar-refractivity contribution < 1.29 is 18.3 Å². The van der Waals surface area contributed by atoms with Crippen LogP contribution in [0.1, 0.15) is 5.56 Å². The fraction of sp³-hybridized carbons (Fsp3) is 0.364. The molecule has 0 spiro atoms. The third-order valence-electron chi connectivity index (χ3n) is 2.02. The van der Waals surface area contributed by atoms with Gasteiger partial charge < -0.3 is 15.8 Å². The molecule has 1 rings (SSSR count).